The lowest BCUT2D eigenvalue weighted by Gasteiger charge is -2.15. The van der Waals surface area contributed by atoms with Gasteiger partial charge in [0, 0.05) is 11.2 Å². The predicted molar refractivity (Wildman–Crippen MR) is 71.7 cm³/mol. The first-order valence-corrected chi connectivity index (χ1v) is 6.29. The average molecular weight is 352 g/mol. The number of pyridine rings is 1. The molecule has 0 unspecified atom stereocenters. The van der Waals surface area contributed by atoms with Crippen LogP contribution in [0, 0.1) is 0 Å². The Balaban J connectivity index is 2.44. The van der Waals surface area contributed by atoms with Crippen molar-refractivity contribution >= 4 is 39.0 Å². The molecule has 0 spiro atoms. The Kier molecular flexibility index (Phi) is 4.01. The van der Waals surface area contributed by atoms with E-state index in [2.05, 4.69) is 26.2 Å². The maximum absolute atomic E-state index is 12.9. The number of hydrogen-bond donors (Lipinski definition) is 1. The fourth-order valence-electron chi connectivity index (χ4n) is 1.47. The molecule has 0 atom stereocenters. The summed E-state index contributed by atoms with van der Waals surface area (Å²) in [4.78, 5) is 3.96. The fraction of sp³-hybridized carbons (Fsp3) is 0.0833. The van der Waals surface area contributed by atoms with Gasteiger partial charge in [-0.2, -0.15) is 13.2 Å². The zero-order chi connectivity index (χ0) is 14.0. The smallest absolute Gasteiger partial charge is 0.339 e. The number of nitrogens with zero attached hydrogens (tertiary/aromatic N) is 1. The van der Waals surface area contributed by atoms with Crippen LogP contribution in [0.2, 0.25) is 5.02 Å². The summed E-state index contributed by atoms with van der Waals surface area (Å²) in [5, 5.41) is 2.66. The minimum Gasteiger partial charge on any atom is -0.339 e. The molecule has 1 heterocycles. The van der Waals surface area contributed by atoms with Crippen molar-refractivity contribution in [1.29, 1.82) is 0 Å². The standard InChI is InChI=1S/C12H7BrClF3N2/c13-9-2-1-5-18-11(9)19-10-4-3-7(14)6-8(10)12(15,16)17/h1-6H,(H,18,19). The molecule has 0 fully saturated rings. The van der Waals surface area contributed by atoms with Gasteiger partial charge in [0.25, 0.3) is 0 Å². The quantitative estimate of drug-likeness (QED) is 0.798. The van der Waals surface area contributed by atoms with Gasteiger partial charge in [-0.05, 0) is 46.3 Å². The van der Waals surface area contributed by atoms with Gasteiger partial charge >= 0.3 is 6.18 Å². The van der Waals surface area contributed by atoms with Crippen LogP contribution in [0.5, 0.6) is 0 Å². The van der Waals surface area contributed by atoms with Crippen LogP contribution in [0.4, 0.5) is 24.7 Å². The number of benzene rings is 1. The third-order valence-corrected chi connectivity index (χ3v) is 3.17. The van der Waals surface area contributed by atoms with Crippen molar-refractivity contribution in [1.82, 2.24) is 4.98 Å². The van der Waals surface area contributed by atoms with E-state index < -0.39 is 11.7 Å². The van der Waals surface area contributed by atoms with Crippen molar-refractivity contribution < 1.29 is 13.2 Å². The number of alkyl halides is 3. The molecule has 0 radical (unpaired) electrons. The Hall–Kier alpha value is -1.27. The Morgan fingerprint density at radius 3 is 2.58 bits per heavy atom. The lowest BCUT2D eigenvalue weighted by Crippen LogP contribution is -2.09. The zero-order valence-electron chi connectivity index (χ0n) is 9.30. The molecule has 2 aromatic rings. The molecule has 100 valence electrons. The third-order valence-electron chi connectivity index (χ3n) is 2.30. The van der Waals surface area contributed by atoms with Gasteiger partial charge in [0.15, 0.2) is 0 Å². The van der Waals surface area contributed by atoms with Crippen LogP contribution < -0.4 is 5.32 Å². The highest BCUT2D eigenvalue weighted by atomic mass is 79.9. The second kappa shape index (κ2) is 5.38. The first-order valence-electron chi connectivity index (χ1n) is 5.12. The summed E-state index contributed by atoms with van der Waals surface area (Å²) >= 11 is 8.82. The van der Waals surface area contributed by atoms with Crippen molar-refractivity contribution in [2.45, 2.75) is 6.18 Å². The van der Waals surface area contributed by atoms with E-state index in [-0.39, 0.29) is 10.7 Å². The lowest BCUT2D eigenvalue weighted by atomic mass is 10.1. The molecule has 0 saturated carbocycles. The van der Waals surface area contributed by atoms with E-state index in [1.54, 1.807) is 12.1 Å². The van der Waals surface area contributed by atoms with Crippen molar-refractivity contribution in [3.63, 3.8) is 0 Å². The maximum Gasteiger partial charge on any atom is 0.418 e. The largest absolute Gasteiger partial charge is 0.418 e. The number of aromatic nitrogens is 1. The molecule has 1 N–H and O–H groups in total. The Bertz CT molecular complexity index is 602. The van der Waals surface area contributed by atoms with Crippen LogP contribution in [0.1, 0.15) is 5.56 Å². The fourth-order valence-corrected chi connectivity index (χ4v) is 1.99. The summed E-state index contributed by atoms with van der Waals surface area (Å²) < 4.78 is 39.3. The van der Waals surface area contributed by atoms with Crippen molar-refractivity contribution in [3.05, 3.63) is 51.6 Å². The summed E-state index contributed by atoms with van der Waals surface area (Å²) in [6.07, 6.45) is -3.01. The van der Waals surface area contributed by atoms with E-state index in [9.17, 15) is 13.2 Å². The van der Waals surface area contributed by atoms with E-state index in [0.29, 0.717) is 10.3 Å². The van der Waals surface area contributed by atoms with Crippen LogP contribution in [-0.4, -0.2) is 4.98 Å². The lowest BCUT2D eigenvalue weighted by molar-refractivity contribution is -0.136. The van der Waals surface area contributed by atoms with E-state index >= 15 is 0 Å². The van der Waals surface area contributed by atoms with Gasteiger partial charge in [-0.15, -0.1) is 0 Å². The molecule has 0 bridgehead atoms. The molecule has 0 aliphatic carbocycles. The third kappa shape index (κ3) is 3.39. The molecule has 0 saturated heterocycles. The van der Waals surface area contributed by atoms with Crippen LogP contribution in [0.25, 0.3) is 0 Å². The van der Waals surface area contributed by atoms with E-state index in [4.69, 9.17) is 11.6 Å². The van der Waals surface area contributed by atoms with Gasteiger partial charge in [-0.25, -0.2) is 4.98 Å². The summed E-state index contributed by atoms with van der Waals surface area (Å²) in [6, 6.07) is 6.88. The van der Waals surface area contributed by atoms with E-state index in [0.717, 1.165) is 6.07 Å². The topological polar surface area (TPSA) is 24.9 Å². The number of anilines is 2. The van der Waals surface area contributed by atoms with Gasteiger partial charge in [0.05, 0.1) is 15.7 Å². The van der Waals surface area contributed by atoms with Crippen molar-refractivity contribution in [2.75, 3.05) is 5.32 Å². The first kappa shape index (κ1) is 14.1. The summed E-state index contributed by atoms with van der Waals surface area (Å²) in [5.41, 5.74) is -0.936. The maximum atomic E-state index is 12.9. The molecule has 1 aromatic carbocycles. The van der Waals surface area contributed by atoms with Crippen molar-refractivity contribution in [2.24, 2.45) is 0 Å². The zero-order valence-corrected chi connectivity index (χ0v) is 11.6. The number of nitrogens with one attached hydrogen (secondary N) is 1. The van der Waals surface area contributed by atoms with Gasteiger partial charge in [0.2, 0.25) is 0 Å². The Morgan fingerprint density at radius 2 is 1.95 bits per heavy atom. The van der Waals surface area contributed by atoms with Gasteiger partial charge in [-0.3, -0.25) is 0 Å². The number of hydrogen-bond acceptors (Lipinski definition) is 2. The molecule has 2 nitrogen and oxygen atoms in total. The van der Waals surface area contributed by atoms with Crippen molar-refractivity contribution in [3.8, 4) is 0 Å². The highest BCUT2D eigenvalue weighted by Gasteiger charge is 2.34. The molecule has 0 aliphatic heterocycles. The average Bonchev–Trinajstić information content (AvgIpc) is 2.33. The highest BCUT2D eigenvalue weighted by Crippen LogP contribution is 2.38. The van der Waals surface area contributed by atoms with Crippen LogP contribution in [-0.2, 0) is 6.18 Å². The second-order valence-electron chi connectivity index (χ2n) is 3.65. The normalized spacial score (nSPS) is 11.4. The molecular formula is C12H7BrClF3N2. The minimum atomic E-state index is -4.49. The highest BCUT2D eigenvalue weighted by molar-refractivity contribution is 9.10. The van der Waals surface area contributed by atoms with E-state index in [1.807, 2.05) is 0 Å². The molecule has 1 aromatic heterocycles. The van der Waals surface area contributed by atoms with Gasteiger partial charge < -0.3 is 5.32 Å². The first-order chi connectivity index (χ1) is 8.88. The predicted octanol–water partition coefficient (Wildman–Crippen LogP) is 5.26. The van der Waals surface area contributed by atoms with E-state index in [1.165, 1.54) is 18.3 Å². The van der Waals surface area contributed by atoms with Gasteiger partial charge in [-0.1, -0.05) is 11.6 Å². The van der Waals surface area contributed by atoms with Gasteiger partial charge in [0.1, 0.15) is 5.82 Å². The molecule has 7 heteroatoms. The molecule has 0 aliphatic rings. The summed E-state index contributed by atoms with van der Waals surface area (Å²) in [6.45, 7) is 0. The van der Waals surface area contributed by atoms with Crippen LogP contribution in [0.15, 0.2) is 41.0 Å². The molecule has 2 rings (SSSR count). The molecule has 0 amide bonds. The second-order valence-corrected chi connectivity index (χ2v) is 4.94. The Morgan fingerprint density at radius 1 is 1.21 bits per heavy atom. The molecular weight excluding hydrogens is 344 g/mol. The summed E-state index contributed by atoms with van der Waals surface area (Å²) in [5.74, 6) is 0.301. The van der Waals surface area contributed by atoms with Crippen LogP contribution >= 0.6 is 27.5 Å². The number of halogens is 5. The Labute approximate surface area is 120 Å². The SMILES string of the molecule is FC(F)(F)c1cc(Cl)ccc1Nc1ncccc1Br. The monoisotopic (exact) mass is 350 g/mol. The minimum absolute atomic E-state index is 0.0259. The van der Waals surface area contributed by atoms with Crippen LogP contribution in [0.3, 0.4) is 0 Å². The number of rotatable bonds is 2. The summed E-state index contributed by atoms with van der Waals surface area (Å²) in [7, 11) is 0. The molecule has 19 heavy (non-hydrogen) atoms.